The van der Waals surface area contributed by atoms with E-state index in [1.54, 1.807) is 0 Å². The monoisotopic (exact) mass is 654 g/mol. The molecule has 7 aromatic carbocycles. The molecule has 0 saturated carbocycles. The number of hydrogen-bond acceptors (Lipinski definition) is 1. The highest BCUT2D eigenvalue weighted by atomic mass is 15.1. The van der Waals surface area contributed by atoms with Crippen LogP contribution in [-0.4, -0.2) is 18.7 Å². The van der Waals surface area contributed by atoms with Crippen molar-refractivity contribution in [2.75, 3.05) is 0 Å². The third-order valence-electron chi connectivity index (χ3n) is 11.4. The SMILES string of the molecule is Cn1c(-c2ccccc2-n2c3ccccc3c3c2c2c(c4c5ccccc5n(-c5ccccc5)c43)C(C)(C)c3ccccc3-2)nc2ccccc21. The summed E-state index contributed by atoms with van der Waals surface area (Å²) in [6.07, 6.45) is 0. The Morgan fingerprint density at radius 1 is 0.510 bits per heavy atom. The van der Waals surface area contributed by atoms with Crippen LogP contribution in [0.15, 0.2) is 152 Å². The molecule has 51 heavy (non-hydrogen) atoms. The molecule has 11 rings (SSSR count). The van der Waals surface area contributed by atoms with E-state index >= 15 is 0 Å². The predicted molar refractivity (Wildman–Crippen MR) is 212 cm³/mol. The van der Waals surface area contributed by atoms with Gasteiger partial charge < -0.3 is 13.7 Å². The summed E-state index contributed by atoms with van der Waals surface area (Å²) in [6, 6.07) is 55.1. The Balaban J connectivity index is 1.42. The van der Waals surface area contributed by atoms with Crippen LogP contribution >= 0.6 is 0 Å². The lowest BCUT2D eigenvalue weighted by atomic mass is 9.80. The first-order valence-electron chi connectivity index (χ1n) is 17.7. The number of benzene rings is 7. The Labute approximate surface area is 295 Å². The first kappa shape index (κ1) is 28.4. The van der Waals surface area contributed by atoms with Crippen molar-refractivity contribution in [3.8, 4) is 33.9 Å². The first-order valence-corrected chi connectivity index (χ1v) is 17.7. The van der Waals surface area contributed by atoms with Crippen molar-refractivity contribution >= 4 is 54.6 Å². The van der Waals surface area contributed by atoms with E-state index in [4.69, 9.17) is 4.98 Å². The van der Waals surface area contributed by atoms with Gasteiger partial charge in [0.2, 0.25) is 0 Å². The third-order valence-corrected chi connectivity index (χ3v) is 11.4. The van der Waals surface area contributed by atoms with Gasteiger partial charge in [-0.3, -0.25) is 0 Å². The van der Waals surface area contributed by atoms with Crippen LogP contribution in [0, 0.1) is 0 Å². The van der Waals surface area contributed by atoms with E-state index in [2.05, 4.69) is 186 Å². The minimum absolute atomic E-state index is 0.234. The molecule has 0 N–H and O–H groups in total. The number of para-hydroxylation sites is 6. The van der Waals surface area contributed by atoms with Gasteiger partial charge in [0.1, 0.15) is 5.82 Å². The molecule has 0 fully saturated rings. The molecule has 0 radical (unpaired) electrons. The van der Waals surface area contributed by atoms with E-state index in [9.17, 15) is 0 Å². The van der Waals surface area contributed by atoms with Crippen molar-refractivity contribution < 1.29 is 0 Å². The van der Waals surface area contributed by atoms with Gasteiger partial charge in [-0.05, 0) is 65.2 Å². The molecule has 10 aromatic rings. The van der Waals surface area contributed by atoms with Gasteiger partial charge in [-0.25, -0.2) is 4.98 Å². The number of hydrogen-bond donors (Lipinski definition) is 0. The summed E-state index contributed by atoms with van der Waals surface area (Å²) in [5.41, 5.74) is 15.6. The Morgan fingerprint density at radius 3 is 1.86 bits per heavy atom. The van der Waals surface area contributed by atoms with Crippen LogP contribution in [0.1, 0.15) is 25.0 Å². The summed E-state index contributed by atoms with van der Waals surface area (Å²) in [5, 5.41) is 5.13. The van der Waals surface area contributed by atoms with Crippen LogP contribution in [0.4, 0.5) is 0 Å². The summed E-state index contributed by atoms with van der Waals surface area (Å²) in [6.45, 7) is 4.83. The van der Waals surface area contributed by atoms with Crippen molar-refractivity contribution in [2.24, 2.45) is 7.05 Å². The van der Waals surface area contributed by atoms with Crippen LogP contribution in [0.2, 0.25) is 0 Å². The molecular weight excluding hydrogens is 621 g/mol. The molecule has 0 aliphatic heterocycles. The van der Waals surface area contributed by atoms with Gasteiger partial charge in [-0.15, -0.1) is 0 Å². The predicted octanol–water partition coefficient (Wildman–Crippen LogP) is 11.7. The molecule has 0 saturated heterocycles. The highest BCUT2D eigenvalue weighted by Crippen LogP contribution is 2.58. The summed E-state index contributed by atoms with van der Waals surface area (Å²) in [5.74, 6) is 0.953. The molecule has 0 unspecified atom stereocenters. The van der Waals surface area contributed by atoms with Gasteiger partial charge in [0, 0.05) is 50.8 Å². The van der Waals surface area contributed by atoms with Crippen molar-refractivity contribution in [1.82, 2.24) is 18.7 Å². The van der Waals surface area contributed by atoms with Gasteiger partial charge in [-0.1, -0.05) is 117 Å². The van der Waals surface area contributed by atoms with Crippen LogP contribution < -0.4 is 0 Å². The average molecular weight is 655 g/mol. The van der Waals surface area contributed by atoms with Crippen molar-refractivity contribution in [3.05, 3.63) is 163 Å². The van der Waals surface area contributed by atoms with E-state index in [1.165, 1.54) is 65.9 Å². The number of imidazole rings is 1. The lowest BCUT2D eigenvalue weighted by molar-refractivity contribution is 0.667. The Morgan fingerprint density at radius 2 is 1.10 bits per heavy atom. The average Bonchev–Trinajstić information content (AvgIpc) is 3.87. The van der Waals surface area contributed by atoms with Gasteiger partial charge in [0.15, 0.2) is 0 Å². The van der Waals surface area contributed by atoms with Crippen LogP contribution in [-0.2, 0) is 12.5 Å². The topological polar surface area (TPSA) is 27.7 Å². The summed E-state index contributed by atoms with van der Waals surface area (Å²) in [4.78, 5) is 5.22. The maximum Gasteiger partial charge on any atom is 0.142 e. The second-order valence-corrected chi connectivity index (χ2v) is 14.4. The standard InChI is InChI=1S/C47H34N4/c1-47(2)34-23-11-7-19-30(34)40-43(47)41-31-20-8-13-25-36(31)50(29-17-5-4-6-18-29)44(41)42-32-21-9-14-26-37(32)51(45(40)42)38-27-15-10-22-33(38)46-48-35-24-12-16-28-39(35)49(46)3/h4-28H,1-3H3. The molecule has 4 nitrogen and oxygen atoms in total. The fraction of sp³-hybridized carbons (Fsp3) is 0.0851. The molecule has 242 valence electrons. The maximum atomic E-state index is 5.22. The molecule has 1 aliphatic carbocycles. The van der Waals surface area contributed by atoms with Crippen molar-refractivity contribution in [2.45, 2.75) is 19.3 Å². The molecule has 0 spiro atoms. The summed E-state index contributed by atoms with van der Waals surface area (Å²) in [7, 11) is 2.13. The quantitative estimate of drug-likeness (QED) is 0.186. The van der Waals surface area contributed by atoms with Crippen molar-refractivity contribution in [3.63, 3.8) is 0 Å². The minimum Gasteiger partial charge on any atom is -0.327 e. The van der Waals surface area contributed by atoms with Gasteiger partial charge in [0.05, 0.1) is 38.8 Å². The van der Waals surface area contributed by atoms with Crippen LogP contribution in [0.5, 0.6) is 0 Å². The number of rotatable bonds is 3. The molecule has 3 aromatic heterocycles. The van der Waals surface area contributed by atoms with E-state index in [0.717, 1.165) is 33.8 Å². The van der Waals surface area contributed by atoms with Crippen molar-refractivity contribution in [1.29, 1.82) is 0 Å². The Bertz CT molecular complexity index is 3060. The second-order valence-electron chi connectivity index (χ2n) is 14.4. The number of fused-ring (bicyclic) bond motifs is 13. The summed E-state index contributed by atoms with van der Waals surface area (Å²) >= 11 is 0. The minimum atomic E-state index is -0.234. The smallest absolute Gasteiger partial charge is 0.142 e. The summed E-state index contributed by atoms with van der Waals surface area (Å²) < 4.78 is 7.29. The largest absolute Gasteiger partial charge is 0.327 e. The van der Waals surface area contributed by atoms with Crippen LogP contribution in [0.25, 0.3) is 88.5 Å². The lowest BCUT2D eigenvalue weighted by Crippen LogP contribution is -2.15. The zero-order valence-electron chi connectivity index (χ0n) is 28.7. The molecular formula is C47H34N4. The van der Waals surface area contributed by atoms with E-state index < -0.39 is 0 Å². The highest BCUT2D eigenvalue weighted by molar-refractivity contribution is 6.31. The fourth-order valence-corrected chi connectivity index (χ4v) is 9.30. The molecule has 3 heterocycles. The molecule has 1 aliphatic rings. The van der Waals surface area contributed by atoms with E-state index in [-0.39, 0.29) is 5.41 Å². The zero-order chi connectivity index (χ0) is 34.0. The Kier molecular flexibility index (Phi) is 5.63. The van der Waals surface area contributed by atoms with Gasteiger partial charge >= 0.3 is 0 Å². The molecule has 0 amide bonds. The lowest BCUT2D eigenvalue weighted by Gasteiger charge is -2.23. The molecule has 0 atom stereocenters. The number of aromatic nitrogens is 4. The van der Waals surface area contributed by atoms with E-state index in [0.29, 0.717) is 0 Å². The van der Waals surface area contributed by atoms with E-state index in [1.807, 2.05) is 0 Å². The highest BCUT2D eigenvalue weighted by Gasteiger charge is 2.41. The molecule has 4 heteroatoms. The number of nitrogens with zero attached hydrogens (tertiary/aromatic N) is 4. The normalized spacial score (nSPS) is 13.5. The van der Waals surface area contributed by atoms with Gasteiger partial charge in [0.25, 0.3) is 0 Å². The first-order chi connectivity index (χ1) is 25.0. The van der Waals surface area contributed by atoms with Gasteiger partial charge in [-0.2, -0.15) is 0 Å². The zero-order valence-corrected chi connectivity index (χ0v) is 28.7. The molecule has 0 bridgehead atoms. The second kappa shape index (κ2) is 10.1. The maximum absolute atomic E-state index is 5.22. The fourth-order valence-electron chi connectivity index (χ4n) is 9.30. The van der Waals surface area contributed by atoms with Crippen LogP contribution in [0.3, 0.4) is 0 Å². The third kappa shape index (κ3) is 3.61. The Hall–Kier alpha value is -6.39. The number of aryl methyl sites for hydroxylation is 1.